The predicted octanol–water partition coefficient (Wildman–Crippen LogP) is 18.4. The number of hydrogen-bond donors (Lipinski definition) is 0. The molecule has 2 heteroatoms. The Morgan fingerprint density at radius 1 is 0.400 bits per heavy atom. The molecule has 7 aromatic carbocycles. The number of nitrogens with zero attached hydrogens (tertiary/aromatic N) is 2. The maximum Gasteiger partial charge on any atom is 0.0540 e. The molecule has 0 fully saturated rings. The van der Waals surface area contributed by atoms with Crippen LogP contribution in [0, 0.1) is 6.92 Å². The van der Waals surface area contributed by atoms with Crippen molar-refractivity contribution in [1.82, 2.24) is 0 Å². The third-order valence-electron chi connectivity index (χ3n) is 14.2. The van der Waals surface area contributed by atoms with Gasteiger partial charge >= 0.3 is 0 Å². The summed E-state index contributed by atoms with van der Waals surface area (Å²) >= 11 is 0. The molecule has 8 rings (SSSR count). The SMILES string of the molecule is Cc1cc(N(c2cccc(C(C)C)c2)c2cccc(C(C)C)c2)cc(N(c2ccc3c(c2)C(C)(C)c2ccccc2C3(C)C)c2ccc(C(C)(C)C)cc2-c2ccc(C(C)(C)C)cc2)c1. The molecule has 0 aliphatic heterocycles. The number of benzene rings is 7. The van der Waals surface area contributed by atoms with E-state index in [-0.39, 0.29) is 21.7 Å². The highest BCUT2D eigenvalue weighted by Gasteiger charge is 2.42. The molecular weight excluding hydrogens is 785 g/mol. The highest BCUT2D eigenvalue weighted by atomic mass is 15.2. The topological polar surface area (TPSA) is 6.48 Å². The molecule has 0 atom stereocenters. The second-order valence-electron chi connectivity index (χ2n) is 22.5. The van der Waals surface area contributed by atoms with Gasteiger partial charge in [0, 0.05) is 44.8 Å². The van der Waals surface area contributed by atoms with Crippen LogP contribution in [-0.2, 0) is 21.7 Å². The van der Waals surface area contributed by atoms with Gasteiger partial charge in [-0.15, -0.1) is 0 Å². The van der Waals surface area contributed by atoms with Gasteiger partial charge in [0.2, 0.25) is 0 Å². The van der Waals surface area contributed by atoms with Gasteiger partial charge in [-0.25, -0.2) is 0 Å². The number of aryl methyl sites for hydroxylation is 1. The van der Waals surface area contributed by atoms with E-state index >= 15 is 0 Å². The van der Waals surface area contributed by atoms with Crippen LogP contribution in [0.15, 0.2) is 152 Å². The average Bonchev–Trinajstić information content (AvgIpc) is 3.25. The van der Waals surface area contributed by atoms with Crippen molar-refractivity contribution < 1.29 is 0 Å². The molecule has 0 unspecified atom stereocenters. The molecule has 0 saturated carbocycles. The van der Waals surface area contributed by atoms with Crippen LogP contribution in [0.4, 0.5) is 34.1 Å². The zero-order valence-electron chi connectivity index (χ0n) is 42.0. The Bertz CT molecular complexity index is 2800. The first kappa shape index (κ1) is 45.7. The van der Waals surface area contributed by atoms with Crippen molar-refractivity contribution >= 4 is 34.1 Å². The fourth-order valence-corrected chi connectivity index (χ4v) is 10.1. The number of fused-ring (bicyclic) bond motifs is 2. The molecule has 2 nitrogen and oxygen atoms in total. The summed E-state index contributed by atoms with van der Waals surface area (Å²) < 4.78 is 0. The molecule has 65 heavy (non-hydrogen) atoms. The second-order valence-corrected chi connectivity index (χ2v) is 22.5. The molecular formula is C63H72N2. The minimum Gasteiger partial charge on any atom is -0.310 e. The van der Waals surface area contributed by atoms with Gasteiger partial charge in [-0.1, -0.05) is 182 Å². The van der Waals surface area contributed by atoms with E-state index in [0.717, 1.165) is 34.1 Å². The van der Waals surface area contributed by atoms with Crippen LogP contribution in [0.5, 0.6) is 0 Å². The van der Waals surface area contributed by atoms with Crippen LogP contribution in [-0.4, -0.2) is 0 Å². The minimum atomic E-state index is -0.206. The highest BCUT2D eigenvalue weighted by Crippen LogP contribution is 2.53. The zero-order valence-corrected chi connectivity index (χ0v) is 42.0. The van der Waals surface area contributed by atoms with Gasteiger partial charge in [0.25, 0.3) is 0 Å². The summed E-state index contributed by atoms with van der Waals surface area (Å²) in [4.78, 5) is 5.02. The normalized spacial score (nSPS) is 14.3. The lowest BCUT2D eigenvalue weighted by Crippen LogP contribution is -2.36. The molecule has 0 N–H and O–H groups in total. The Morgan fingerprint density at radius 3 is 1.40 bits per heavy atom. The van der Waals surface area contributed by atoms with Crippen LogP contribution >= 0.6 is 0 Å². The molecule has 7 aromatic rings. The van der Waals surface area contributed by atoms with Crippen LogP contribution < -0.4 is 9.80 Å². The number of rotatable bonds is 9. The maximum absolute atomic E-state index is 2.55. The number of hydrogen-bond acceptors (Lipinski definition) is 2. The summed E-state index contributed by atoms with van der Waals surface area (Å²) in [5.74, 6) is 0.805. The summed E-state index contributed by atoms with van der Waals surface area (Å²) in [6.07, 6.45) is 0. The first-order chi connectivity index (χ1) is 30.5. The maximum atomic E-state index is 2.55. The summed E-state index contributed by atoms with van der Waals surface area (Å²) in [5, 5.41) is 0. The van der Waals surface area contributed by atoms with Crippen molar-refractivity contribution in [2.24, 2.45) is 0 Å². The van der Waals surface area contributed by atoms with Crippen molar-refractivity contribution in [3.8, 4) is 11.1 Å². The molecule has 0 spiro atoms. The molecule has 1 aliphatic carbocycles. The standard InChI is InChI=1S/C63H72N2/c1-41(2)45-20-18-22-49(36-45)64(50-23-19-21-46(37-50)42(3)4)52-34-43(5)35-53(39-52)65(51-31-32-57-58(40-51)63(14,15)56-25-17-16-24-55(56)62(57,12)13)59-33-30-48(61(9,10)11)38-54(59)44-26-28-47(29-27-44)60(6,7)8/h16-42H,1-15H3. The second kappa shape index (κ2) is 16.8. The Hall–Kier alpha value is -5.86. The van der Waals surface area contributed by atoms with E-state index < -0.39 is 0 Å². The van der Waals surface area contributed by atoms with Gasteiger partial charge in [0.15, 0.2) is 0 Å². The lowest BCUT2D eigenvalue weighted by molar-refractivity contribution is 0.521. The summed E-state index contributed by atoms with van der Waals surface area (Å²) in [7, 11) is 0. The molecule has 0 amide bonds. The van der Waals surface area contributed by atoms with E-state index in [1.165, 1.54) is 61.2 Å². The molecule has 0 heterocycles. The average molecular weight is 857 g/mol. The van der Waals surface area contributed by atoms with Crippen molar-refractivity contribution in [2.45, 2.75) is 137 Å². The Balaban J connectivity index is 1.43. The van der Waals surface area contributed by atoms with Crippen LogP contribution in [0.2, 0.25) is 0 Å². The first-order valence-electron chi connectivity index (χ1n) is 24.0. The van der Waals surface area contributed by atoms with Gasteiger partial charge in [-0.05, 0) is 152 Å². The van der Waals surface area contributed by atoms with E-state index in [1.54, 1.807) is 0 Å². The van der Waals surface area contributed by atoms with E-state index in [4.69, 9.17) is 0 Å². The number of anilines is 6. The van der Waals surface area contributed by atoms with Crippen molar-refractivity contribution in [1.29, 1.82) is 0 Å². The minimum absolute atomic E-state index is 0.0374. The Labute approximate surface area is 392 Å². The summed E-state index contributed by atoms with van der Waals surface area (Å²) in [5.41, 5.74) is 21.0. The van der Waals surface area contributed by atoms with Gasteiger partial charge in [-0.2, -0.15) is 0 Å². The third-order valence-corrected chi connectivity index (χ3v) is 14.2. The largest absolute Gasteiger partial charge is 0.310 e. The molecule has 0 aromatic heterocycles. The van der Waals surface area contributed by atoms with Crippen LogP contribution in [0.3, 0.4) is 0 Å². The lowest BCUT2D eigenvalue weighted by atomic mass is 9.60. The molecule has 0 bridgehead atoms. The Morgan fingerprint density at radius 2 is 0.877 bits per heavy atom. The van der Waals surface area contributed by atoms with Crippen LogP contribution in [0.1, 0.15) is 159 Å². The van der Waals surface area contributed by atoms with Crippen molar-refractivity contribution in [2.75, 3.05) is 9.80 Å². The van der Waals surface area contributed by atoms with E-state index in [2.05, 4.69) is 265 Å². The lowest BCUT2D eigenvalue weighted by Gasteiger charge is -2.44. The fourth-order valence-electron chi connectivity index (χ4n) is 10.1. The quantitative estimate of drug-likeness (QED) is 0.143. The predicted molar refractivity (Wildman–Crippen MR) is 282 cm³/mol. The van der Waals surface area contributed by atoms with Gasteiger partial charge < -0.3 is 9.80 Å². The summed E-state index contributed by atoms with van der Waals surface area (Å²) in [6, 6.07) is 58.3. The van der Waals surface area contributed by atoms with Crippen molar-refractivity contribution in [3.63, 3.8) is 0 Å². The fraction of sp³-hybridized carbons (Fsp3) is 0.333. The van der Waals surface area contributed by atoms with Gasteiger partial charge in [-0.3, -0.25) is 0 Å². The van der Waals surface area contributed by atoms with Crippen molar-refractivity contribution in [3.05, 3.63) is 202 Å². The summed E-state index contributed by atoms with van der Waals surface area (Å²) in [6.45, 7) is 34.8. The molecule has 334 valence electrons. The molecule has 0 saturated heterocycles. The van der Waals surface area contributed by atoms with E-state index in [1.807, 2.05) is 0 Å². The van der Waals surface area contributed by atoms with Crippen LogP contribution in [0.25, 0.3) is 11.1 Å². The van der Waals surface area contributed by atoms with E-state index in [0.29, 0.717) is 11.8 Å². The highest BCUT2D eigenvalue weighted by molar-refractivity contribution is 5.91. The third kappa shape index (κ3) is 8.70. The van der Waals surface area contributed by atoms with Gasteiger partial charge in [0.1, 0.15) is 0 Å². The monoisotopic (exact) mass is 857 g/mol. The first-order valence-corrected chi connectivity index (χ1v) is 24.0. The van der Waals surface area contributed by atoms with Gasteiger partial charge in [0.05, 0.1) is 5.69 Å². The zero-order chi connectivity index (χ0) is 46.8. The molecule has 1 aliphatic rings. The molecule has 0 radical (unpaired) electrons. The van der Waals surface area contributed by atoms with E-state index in [9.17, 15) is 0 Å². The Kier molecular flexibility index (Phi) is 11.8. The smallest absolute Gasteiger partial charge is 0.0540 e.